The van der Waals surface area contributed by atoms with Gasteiger partial charge in [-0.25, -0.2) is 10.2 Å². The highest BCUT2D eigenvalue weighted by molar-refractivity contribution is 6.30. The minimum Gasteiger partial charge on any atom is -0.303 e. The van der Waals surface area contributed by atoms with Crippen LogP contribution in [0.15, 0.2) is 39.0 Å². The maximum absolute atomic E-state index is 12.2. The monoisotopic (exact) mass is 374 g/mol. The highest BCUT2D eigenvalue weighted by atomic mass is 35.5. The van der Waals surface area contributed by atoms with E-state index in [1.54, 1.807) is 23.7 Å². The average Bonchev–Trinajstić information content (AvgIpc) is 2.98. The number of halogens is 1. The summed E-state index contributed by atoms with van der Waals surface area (Å²) in [7, 11) is 1.57. The molecule has 2 heterocycles. The highest BCUT2D eigenvalue weighted by Crippen LogP contribution is 2.16. The van der Waals surface area contributed by atoms with Crippen molar-refractivity contribution in [1.29, 1.82) is 0 Å². The Bertz CT molecular complexity index is 1090. The average molecular weight is 375 g/mol. The normalized spacial score (nSPS) is 11.9. The van der Waals surface area contributed by atoms with E-state index in [9.17, 15) is 9.59 Å². The lowest BCUT2D eigenvalue weighted by atomic mass is 10.1. The van der Waals surface area contributed by atoms with Gasteiger partial charge in [-0.2, -0.15) is 10.1 Å². The zero-order valence-electron chi connectivity index (χ0n) is 14.7. The molecule has 0 atom stereocenters. The van der Waals surface area contributed by atoms with E-state index in [0.717, 1.165) is 17.7 Å². The van der Waals surface area contributed by atoms with Crippen molar-refractivity contribution in [2.75, 3.05) is 5.43 Å². The predicted molar refractivity (Wildman–Crippen MR) is 103 cm³/mol. The second-order valence-corrected chi connectivity index (χ2v) is 6.33. The maximum Gasteiger partial charge on any atom is 0.329 e. The molecule has 2 aromatic heterocycles. The number of nitrogens with zero attached hydrogens (tertiary/aromatic N) is 4. The molecule has 0 amide bonds. The number of hydrogen-bond acceptors (Lipinski definition) is 5. The van der Waals surface area contributed by atoms with Gasteiger partial charge in [0, 0.05) is 18.6 Å². The zero-order chi connectivity index (χ0) is 18.8. The van der Waals surface area contributed by atoms with Crippen LogP contribution in [0.1, 0.15) is 25.8 Å². The fraction of sp³-hybridized carbons (Fsp3) is 0.294. The highest BCUT2D eigenvalue weighted by Gasteiger charge is 2.16. The van der Waals surface area contributed by atoms with Crippen LogP contribution in [0, 0.1) is 0 Å². The standard InChI is InChI=1S/C17H19ClN6O2/c1-4-9-24-13-14(23(3)17(26)20-15(13)25)19-16(24)22-21-10(2)11-5-7-12(18)8-6-11/h5-8H,4,9H2,1-3H3,(H,19,22)(H,20,25,26). The van der Waals surface area contributed by atoms with E-state index in [-0.39, 0.29) is 0 Å². The molecule has 0 saturated heterocycles. The Hall–Kier alpha value is -2.87. The molecule has 136 valence electrons. The molecule has 0 fully saturated rings. The third-order valence-electron chi connectivity index (χ3n) is 4.04. The second-order valence-electron chi connectivity index (χ2n) is 5.89. The Morgan fingerprint density at radius 2 is 2.00 bits per heavy atom. The van der Waals surface area contributed by atoms with Gasteiger partial charge in [0.15, 0.2) is 11.2 Å². The summed E-state index contributed by atoms with van der Waals surface area (Å²) in [6.45, 7) is 4.41. The minimum atomic E-state index is -0.504. The van der Waals surface area contributed by atoms with Crippen LogP contribution in [0.3, 0.4) is 0 Å². The third kappa shape index (κ3) is 3.28. The van der Waals surface area contributed by atoms with Crippen molar-refractivity contribution in [3.63, 3.8) is 0 Å². The Labute approximate surface area is 154 Å². The number of anilines is 1. The second kappa shape index (κ2) is 7.17. The van der Waals surface area contributed by atoms with E-state index in [1.807, 2.05) is 26.0 Å². The molecule has 3 aromatic rings. The largest absolute Gasteiger partial charge is 0.329 e. The third-order valence-corrected chi connectivity index (χ3v) is 4.29. The van der Waals surface area contributed by atoms with Crippen LogP contribution < -0.4 is 16.7 Å². The smallest absolute Gasteiger partial charge is 0.303 e. The van der Waals surface area contributed by atoms with Crippen molar-refractivity contribution in [2.24, 2.45) is 12.1 Å². The zero-order valence-corrected chi connectivity index (χ0v) is 15.5. The van der Waals surface area contributed by atoms with Crippen LogP contribution in [0.2, 0.25) is 5.02 Å². The summed E-state index contributed by atoms with van der Waals surface area (Å²) in [4.78, 5) is 30.8. The molecule has 8 nitrogen and oxygen atoms in total. The Morgan fingerprint density at radius 3 is 2.65 bits per heavy atom. The first-order chi connectivity index (χ1) is 12.4. The van der Waals surface area contributed by atoms with Gasteiger partial charge in [0.1, 0.15) is 0 Å². The van der Waals surface area contributed by atoms with Crippen LogP contribution in [-0.2, 0) is 13.6 Å². The number of aromatic nitrogens is 4. The topological polar surface area (TPSA) is 97.1 Å². The van der Waals surface area contributed by atoms with Crippen molar-refractivity contribution in [1.82, 2.24) is 19.1 Å². The maximum atomic E-state index is 12.2. The number of imidazole rings is 1. The lowest BCUT2D eigenvalue weighted by Gasteiger charge is -2.07. The molecule has 2 N–H and O–H groups in total. The van der Waals surface area contributed by atoms with Gasteiger partial charge in [0.2, 0.25) is 5.95 Å². The number of aromatic amines is 1. The molecule has 1 aromatic carbocycles. The molecule has 0 saturated carbocycles. The summed E-state index contributed by atoms with van der Waals surface area (Å²) in [6, 6.07) is 7.31. The number of hydrazone groups is 1. The molecule has 0 aliphatic carbocycles. The summed E-state index contributed by atoms with van der Waals surface area (Å²) >= 11 is 5.90. The predicted octanol–water partition coefficient (Wildman–Crippen LogP) is 2.32. The van der Waals surface area contributed by atoms with Gasteiger partial charge in [-0.1, -0.05) is 30.7 Å². The Morgan fingerprint density at radius 1 is 1.31 bits per heavy atom. The lowest BCUT2D eigenvalue weighted by Crippen LogP contribution is -2.29. The molecule has 0 spiro atoms. The molecule has 0 aliphatic heterocycles. The molecule has 9 heteroatoms. The van der Waals surface area contributed by atoms with E-state index < -0.39 is 11.2 Å². The lowest BCUT2D eigenvalue weighted by molar-refractivity contribution is 0.698. The number of rotatable bonds is 5. The van der Waals surface area contributed by atoms with Gasteiger partial charge >= 0.3 is 5.69 Å². The number of aryl methyl sites for hydroxylation is 2. The minimum absolute atomic E-state index is 0.314. The number of nitrogens with one attached hydrogen (secondary N) is 2. The molecule has 3 rings (SSSR count). The molecular formula is C17H19ClN6O2. The molecule has 0 unspecified atom stereocenters. The first-order valence-electron chi connectivity index (χ1n) is 8.18. The van der Waals surface area contributed by atoms with Crippen LogP contribution >= 0.6 is 11.6 Å². The van der Waals surface area contributed by atoms with Crippen molar-refractivity contribution in [3.8, 4) is 0 Å². The van der Waals surface area contributed by atoms with E-state index in [1.165, 1.54) is 4.57 Å². The van der Waals surface area contributed by atoms with Crippen molar-refractivity contribution in [2.45, 2.75) is 26.8 Å². The summed E-state index contributed by atoms with van der Waals surface area (Å²) in [5.74, 6) is 0.405. The summed E-state index contributed by atoms with van der Waals surface area (Å²) in [5, 5.41) is 5.01. The quantitative estimate of drug-likeness (QED) is 0.529. The van der Waals surface area contributed by atoms with E-state index in [0.29, 0.717) is 28.7 Å². The fourth-order valence-electron chi connectivity index (χ4n) is 2.65. The van der Waals surface area contributed by atoms with E-state index in [4.69, 9.17) is 11.6 Å². The number of hydrogen-bond donors (Lipinski definition) is 2. The van der Waals surface area contributed by atoms with Gasteiger partial charge in [-0.05, 0) is 31.0 Å². The van der Waals surface area contributed by atoms with Crippen molar-refractivity contribution in [3.05, 3.63) is 55.7 Å². The molecule has 0 radical (unpaired) electrons. The SMILES string of the molecule is CCCn1c(NN=C(C)c2ccc(Cl)cc2)nc2c1c(=O)[nH]c(=O)n2C. The van der Waals surface area contributed by atoms with Crippen LogP contribution in [0.4, 0.5) is 5.95 Å². The number of benzene rings is 1. The van der Waals surface area contributed by atoms with Crippen LogP contribution in [0.5, 0.6) is 0 Å². The van der Waals surface area contributed by atoms with Crippen molar-refractivity contribution < 1.29 is 0 Å². The summed E-state index contributed by atoms with van der Waals surface area (Å²) < 4.78 is 3.04. The van der Waals surface area contributed by atoms with Gasteiger partial charge in [-0.3, -0.25) is 14.3 Å². The fourth-order valence-corrected chi connectivity index (χ4v) is 2.78. The number of fused-ring (bicyclic) bond motifs is 1. The summed E-state index contributed by atoms with van der Waals surface area (Å²) in [5.41, 5.74) is 4.25. The van der Waals surface area contributed by atoms with Crippen LogP contribution in [-0.4, -0.2) is 24.8 Å². The van der Waals surface area contributed by atoms with Gasteiger partial charge in [0.25, 0.3) is 5.56 Å². The molecule has 0 bridgehead atoms. The molecule has 26 heavy (non-hydrogen) atoms. The van der Waals surface area contributed by atoms with Crippen molar-refractivity contribution >= 4 is 34.4 Å². The summed E-state index contributed by atoms with van der Waals surface area (Å²) in [6.07, 6.45) is 0.794. The molecular weight excluding hydrogens is 356 g/mol. The number of H-pyrrole nitrogens is 1. The van der Waals surface area contributed by atoms with E-state index >= 15 is 0 Å². The van der Waals surface area contributed by atoms with Gasteiger partial charge in [-0.15, -0.1) is 0 Å². The Balaban J connectivity index is 2.05. The first kappa shape index (κ1) is 17.9. The van der Waals surface area contributed by atoms with E-state index in [2.05, 4.69) is 20.5 Å². The van der Waals surface area contributed by atoms with Crippen LogP contribution in [0.25, 0.3) is 11.2 Å². The van der Waals surface area contributed by atoms with Gasteiger partial charge in [0.05, 0.1) is 5.71 Å². The van der Waals surface area contributed by atoms with Gasteiger partial charge < -0.3 is 4.57 Å². The molecule has 0 aliphatic rings. The first-order valence-corrected chi connectivity index (χ1v) is 8.56. The Kier molecular flexibility index (Phi) is 4.94.